The Kier molecular flexibility index (Phi) is 31.1. The van der Waals surface area contributed by atoms with Gasteiger partial charge in [-0.3, -0.25) is 63.2 Å². The maximum Gasteiger partial charge on any atom is 0.317 e. The molecule has 378 valence electrons. The van der Waals surface area contributed by atoms with E-state index in [4.69, 9.17) is 19.3 Å². The van der Waals surface area contributed by atoms with E-state index < -0.39 is 42.1 Å². The van der Waals surface area contributed by atoms with Crippen molar-refractivity contribution >= 4 is 29.8 Å². The Morgan fingerprint density at radius 3 is 1.05 bits per heavy atom. The molecule has 25 nitrogen and oxygen atoms in total. The van der Waals surface area contributed by atoms with Crippen LogP contribution in [0.4, 0.5) is 0 Å². The number of ether oxygens (including phenoxy) is 3. The van der Waals surface area contributed by atoms with Gasteiger partial charge in [0.2, 0.25) is 0 Å². The first kappa shape index (κ1) is 57.9. The normalized spacial score (nSPS) is 19.7. The van der Waals surface area contributed by atoms with Crippen molar-refractivity contribution in [3.8, 4) is 0 Å². The molecule has 2 aliphatic rings. The number of aliphatic carboxylic acids is 5. The number of carboxylic acids is 5. The minimum absolute atomic E-state index is 0.0778. The largest absolute Gasteiger partial charge is 0.480 e. The maximum absolute atomic E-state index is 11.8. The summed E-state index contributed by atoms with van der Waals surface area (Å²) in [6, 6.07) is 0. The highest BCUT2D eigenvalue weighted by atomic mass is 16.5. The molecule has 0 saturated carbocycles. The van der Waals surface area contributed by atoms with E-state index in [1.807, 2.05) is 14.7 Å². The zero-order chi connectivity index (χ0) is 47.8. The van der Waals surface area contributed by atoms with Crippen molar-refractivity contribution in [3.63, 3.8) is 0 Å². The molecule has 25 heteroatoms. The number of carboxylic acid groups (broad SMARTS) is 5. The van der Waals surface area contributed by atoms with Crippen molar-refractivity contribution in [3.05, 3.63) is 0 Å². The summed E-state index contributed by atoms with van der Waals surface area (Å²) in [6.45, 7) is 7.32. The minimum atomic E-state index is -1.05. The fourth-order valence-corrected chi connectivity index (χ4v) is 7.56. The molecule has 2 aliphatic heterocycles. The molecule has 0 aromatic rings. The van der Waals surface area contributed by atoms with Crippen molar-refractivity contribution < 1.29 is 79.0 Å². The molecule has 0 bridgehead atoms. The van der Waals surface area contributed by atoms with E-state index >= 15 is 0 Å². The number of nitrogens with one attached hydrogen (secondary N) is 1. The van der Waals surface area contributed by atoms with E-state index in [9.17, 15) is 59.7 Å². The molecule has 2 saturated heterocycles. The second-order valence-corrected chi connectivity index (χ2v) is 16.3. The zero-order valence-electron chi connectivity index (χ0n) is 37.9. The van der Waals surface area contributed by atoms with Gasteiger partial charge in [-0.2, -0.15) is 0 Å². The van der Waals surface area contributed by atoms with Gasteiger partial charge in [-0.15, -0.1) is 0 Å². The monoisotopic (exact) mass is 940 g/mol. The van der Waals surface area contributed by atoms with Crippen LogP contribution >= 0.6 is 0 Å². The van der Waals surface area contributed by atoms with Gasteiger partial charge in [-0.1, -0.05) is 0 Å². The first-order valence-electron chi connectivity index (χ1n) is 22.4. The molecule has 0 radical (unpaired) electrons. The molecule has 2 heterocycles. The first-order valence-corrected chi connectivity index (χ1v) is 22.4. The quantitative estimate of drug-likeness (QED) is 0.0316. The van der Waals surface area contributed by atoms with E-state index in [1.165, 1.54) is 0 Å². The number of hydrogen-bond acceptors (Lipinski definition) is 20. The van der Waals surface area contributed by atoms with Gasteiger partial charge in [0.15, 0.2) is 0 Å². The first-order chi connectivity index (χ1) is 31.1. The Hall–Kier alpha value is -3.25. The van der Waals surface area contributed by atoms with Crippen LogP contribution in [0.1, 0.15) is 0 Å². The van der Waals surface area contributed by atoms with Gasteiger partial charge in [0, 0.05) is 137 Å². The summed E-state index contributed by atoms with van der Waals surface area (Å²) < 4.78 is 16.5. The van der Waals surface area contributed by atoms with Gasteiger partial charge in [0.1, 0.15) is 0 Å². The van der Waals surface area contributed by atoms with Crippen molar-refractivity contribution in [1.29, 1.82) is 0 Å². The van der Waals surface area contributed by atoms with Crippen LogP contribution in [0, 0.1) is 0 Å². The Balaban J connectivity index is 2.18. The van der Waals surface area contributed by atoms with Crippen LogP contribution in [0.25, 0.3) is 0 Å². The number of rotatable bonds is 29. The van der Waals surface area contributed by atoms with Crippen molar-refractivity contribution in [2.24, 2.45) is 0 Å². The molecule has 0 aromatic heterocycles. The highest BCUT2D eigenvalue weighted by molar-refractivity contribution is 5.70. The molecule has 9 N–H and O–H groups in total. The molecule has 2 rings (SSSR count). The SMILES string of the molecule is O=C(O)CN1CCNCCN(CC(O)CN(CCOCCOCCOCCO)CC(O)CN2CCN(CC(=O)O)CCN(CC(=O)O)CCN(CC(=O)O)CC2)CCN(CC(=O)O)CC1. The number of aliphatic hydroxyl groups is 3. The van der Waals surface area contributed by atoms with Gasteiger partial charge in [-0.05, 0) is 0 Å². The molecular formula is C40H77N9O16. The predicted molar refractivity (Wildman–Crippen MR) is 234 cm³/mol. The smallest absolute Gasteiger partial charge is 0.317 e. The molecule has 0 aromatic carbocycles. The average Bonchev–Trinajstić information content (AvgIpc) is 3.21. The summed E-state index contributed by atoms with van der Waals surface area (Å²) in [4.78, 5) is 72.7. The number of hydrogen-bond donors (Lipinski definition) is 9. The molecule has 0 spiro atoms. The number of aliphatic hydroxyl groups excluding tert-OH is 3. The molecule has 2 fully saturated rings. The van der Waals surface area contributed by atoms with Crippen LogP contribution in [0.15, 0.2) is 0 Å². The van der Waals surface area contributed by atoms with Crippen molar-refractivity contribution in [2.45, 2.75) is 12.2 Å². The van der Waals surface area contributed by atoms with Crippen LogP contribution in [-0.4, -0.2) is 339 Å². The second kappa shape index (κ2) is 35.0. The van der Waals surface area contributed by atoms with E-state index in [-0.39, 0.29) is 112 Å². The van der Waals surface area contributed by atoms with Crippen LogP contribution < -0.4 is 5.32 Å². The highest BCUT2D eigenvalue weighted by Gasteiger charge is 2.24. The van der Waals surface area contributed by atoms with Crippen LogP contribution in [0.3, 0.4) is 0 Å². The fraction of sp³-hybridized carbons (Fsp3) is 0.875. The summed E-state index contributed by atoms with van der Waals surface area (Å²) in [6.07, 6.45) is -1.85. The topological polar surface area (TPSA) is 313 Å². The lowest BCUT2D eigenvalue weighted by atomic mass is 10.2. The molecular weight excluding hydrogens is 862 g/mol. The summed E-state index contributed by atoms with van der Waals surface area (Å²) in [5.74, 6) is -5.09. The van der Waals surface area contributed by atoms with Crippen LogP contribution in [-0.2, 0) is 38.2 Å². The summed E-state index contributed by atoms with van der Waals surface area (Å²) in [7, 11) is 0. The van der Waals surface area contributed by atoms with Crippen LogP contribution in [0.5, 0.6) is 0 Å². The second-order valence-electron chi connectivity index (χ2n) is 16.3. The Morgan fingerprint density at radius 2 is 0.708 bits per heavy atom. The Morgan fingerprint density at radius 1 is 0.431 bits per heavy atom. The zero-order valence-corrected chi connectivity index (χ0v) is 37.9. The van der Waals surface area contributed by atoms with Gasteiger partial charge >= 0.3 is 29.8 Å². The van der Waals surface area contributed by atoms with Gasteiger partial charge in [0.05, 0.1) is 91.2 Å². The molecule has 2 unspecified atom stereocenters. The Bertz CT molecular complexity index is 1310. The maximum atomic E-state index is 11.8. The third-order valence-electron chi connectivity index (χ3n) is 10.8. The van der Waals surface area contributed by atoms with Gasteiger partial charge in [-0.25, -0.2) is 0 Å². The lowest BCUT2D eigenvalue weighted by Crippen LogP contribution is -2.51. The highest BCUT2D eigenvalue weighted by Crippen LogP contribution is 2.06. The minimum Gasteiger partial charge on any atom is -0.480 e. The lowest BCUT2D eigenvalue weighted by molar-refractivity contribution is -0.140. The van der Waals surface area contributed by atoms with E-state index in [0.717, 1.165) is 0 Å². The van der Waals surface area contributed by atoms with Crippen LogP contribution in [0.2, 0.25) is 0 Å². The van der Waals surface area contributed by atoms with Gasteiger partial charge < -0.3 is 60.4 Å². The van der Waals surface area contributed by atoms with Crippen molar-refractivity contribution in [2.75, 3.05) is 216 Å². The predicted octanol–water partition coefficient (Wildman–Crippen LogP) is -5.79. The Labute approximate surface area is 381 Å². The lowest BCUT2D eigenvalue weighted by Gasteiger charge is -2.35. The number of β-amino-alcohol motifs (C(OH)–C–C–N with tert-alkyl or cyclic N) is 2. The van der Waals surface area contributed by atoms with Crippen molar-refractivity contribution in [1.82, 2.24) is 44.5 Å². The summed E-state index contributed by atoms with van der Waals surface area (Å²) >= 11 is 0. The standard InChI is InChI=1S/C40H77N9O16/c50-18-20-64-22-24-65-23-21-63-19-17-49(27-34(51)25-42-3-1-41-2-4-43(29-36(53)54)6-10-45(9-5-42)30-37(55)56)28-35(52)26-44-7-11-46(31-38(57)58)13-15-48(33-40(61)62)16-14-47(12-8-44)32-39(59)60/h34-35,41,50-52H,1-33H2,(H,53,54)(H,55,56)(H,57,58)(H,59,60)(H,61,62). The third-order valence-corrected chi connectivity index (χ3v) is 10.8. The average molecular weight is 940 g/mol. The molecule has 65 heavy (non-hydrogen) atoms. The fourth-order valence-electron chi connectivity index (χ4n) is 7.56. The summed E-state index contributed by atoms with van der Waals surface area (Å²) in [5, 5.41) is 82.9. The van der Waals surface area contributed by atoms with E-state index in [0.29, 0.717) is 105 Å². The van der Waals surface area contributed by atoms with Gasteiger partial charge in [0.25, 0.3) is 0 Å². The summed E-state index contributed by atoms with van der Waals surface area (Å²) in [5.41, 5.74) is 0. The number of carbonyl (C=O) groups is 5. The van der Waals surface area contributed by atoms with E-state index in [2.05, 4.69) is 5.32 Å². The molecule has 2 atom stereocenters. The molecule has 0 aliphatic carbocycles. The third kappa shape index (κ3) is 30.6. The van der Waals surface area contributed by atoms with E-state index in [1.54, 1.807) is 24.5 Å². The number of nitrogens with zero attached hydrogens (tertiary/aromatic N) is 8. The molecule has 0 amide bonds.